The summed E-state index contributed by atoms with van der Waals surface area (Å²) >= 11 is 7.72. The normalized spacial score (nSPS) is 15.7. The molecule has 0 saturated carbocycles. The first-order valence-corrected chi connectivity index (χ1v) is 12.6. The number of methoxy groups -OCH3 is 1. The Morgan fingerprint density at radius 2 is 1.88 bits per heavy atom. The topological polar surface area (TPSA) is 64.6 Å². The molecule has 0 saturated heterocycles. The van der Waals surface area contributed by atoms with Crippen LogP contribution in [0.25, 0.3) is 0 Å². The Bertz CT molecular complexity index is 1010. The van der Waals surface area contributed by atoms with E-state index in [0.29, 0.717) is 35.9 Å². The zero-order valence-corrected chi connectivity index (χ0v) is 22.0. The maximum Gasteiger partial charge on any atom is 0.341 e. The SMILES string of the molecule is COC(=O)c1c(NC(=O)CCCOc2cc(C)c(Cl)c(C)c2)sc2c1CCC(C(C)(C)C)C2. The summed E-state index contributed by atoms with van der Waals surface area (Å²) in [7, 11) is 1.39. The number of halogens is 1. The lowest BCUT2D eigenvalue weighted by Gasteiger charge is -2.33. The first-order chi connectivity index (χ1) is 15.5. The monoisotopic (exact) mass is 491 g/mol. The highest BCUT2D eigenvalue weighted by molar-refractivity contribution is 7.17. The van der Waals surface area contributed by atoms with Crippen LogP contribution in [0.4, 0.5) is 5.00 Å². The molecule has 1 amide bonds. The number of hydrogen-bond donors (Lipinski definition) is 1. The van der Waals surface area contributed by atoms with Gasteiger partial charge < -0.3 is 14.8 Å². The van der Waals surface area contributed by atoms with Gasteiger partial charge in [-0.05, 0) is 79.7 Å². The van der Waals surface area contributed by atoms with Gasteiger partial charge in [0.2, 0.25) is 5.91 Å². The van der Waals surface area contributed by atoms with E-state index in [2.05, 4.69) is 26.1 Å². The standard InChI is InChI=1S/C26H34ClNO4S/c1-15-12-18(13-16(2)23(15)27)32-11-7-8-21(29)28-24-22(25(30)31-6)19-10-9-17(26(3,4)5)14-20(19)33-24/h12-13,17H,7-11,14H2,1-6H3,(H,28,29). The molecule has 0 spiro atoms. The molecule has 1 aliphatic rings. The lowest BCUT2D eigenvalue weighted by molar-refractivity contribution is -0.116. The number of nitrogens with one attached hydrogen (secondary N) is 1. The number of benzene rings is 1. The maximum absolute atomic E-state index is 12.6. The van der Waals surface area contributed by atoms with Crippen LogP contribution in [0.15, 0.2) is 12.1 Å². The van der Waals surface area contributed by atoms with Gasteiger partial charge in [-0.25, -0.2) is 4.79 Å². The summed E-state index contributed by atoms with van der Waals surface area (Å²) < 4.78 is 10.8. The minimum Gasteiger partial charge on any atom is -0.494 e. The molecule has 0 aliphatic heterocycles. The third-order valence-corrected chi connectivity index (χ3v) is 8.13. The largest absolute Gasteiger partial charge is 0.494 e. The van der Waals surface area contributed by atoms with Crippen LogP contribution in [0.1, 0.15) is 72.0 Å². The van der Waals surface area contributed by atoms with Gasteiger partial charge in [-0.3, -0.25) is 4.79 Å². The van der Waals surface area contributed by atoms with Crippen LogP contribution in [-0.2, 0) is 22.4 Å². The molecular formula is C26H34ClNO4S. The number of hydrogen-bond acceptors (Lipinski definition) is 5. The Labute approximate surface area is 205 Å². The van der Waals surface area contributed by atoms with Gasteiger partial charge in [-0.1, -0.05) is 32.4 Å². The van der Waals surface area contributed by atoms with Gasteiger partial charge in [-0.15, -0.1) is 11.3 Å². The van der Waals surface area contributed by atoms with Crippen molar-refractivity contribution >= 4 is 39.8 Å². The number of anilines is 1. The van der Waals surface area contributed by atoms with E-state index >= 15 is 0 Å². The highest BCUT2D eigenvalue weighted by Crippen LogP contribution is 2.44. The third kappa shape index (κ3) is 6.10. The molecule has 3 rings (SSSR count). The van der Waals surface area contributed by atoms with Crippen molar-refractivity contribution in [3.05, 3.63) is 44.3 Å². The second-order valence-corrected chi connectivity index (χ2v) is 11.4. The van der Waals surface area contributed by atoms with E-state index in [0.717, 1.165) is 46.7 Å². The molecule has 1 atom stereocenters. The molecule has 1 aliphatic carbocycles. The van der Waals surface area contributed by atoms with Crippen molar-refractivity contribution in [2.24, 2.45) is 11.3 Å². The van der Waals surface area contributed by atoms with Gasteiger partial charge in [0.25, 0.3) is 0 Å². The van der Waals surface area contributed by atoms with Crippen molar-refractivity contribution in [1.82, 2.24) is 0 Å². The molecule has 1 N–H and O–H groups in total. The summed E-state index contributed by atoms with van der Waals surface area (Å²) in [5.41, 5.74) is 3.71. The first-order valence-electron chi connectivity index (χ1n) is 11.4. The van der Waals surface area contributed by atoms with E-state index in [9.17, 15) is 9.59 Å². The number of ether oxygens (including phenoxy) is 2. The van der Waals surface area contributed by atoms with E-state index < -0.39 is 0 Å². The summed E-state index contributed by atoms with van der Waals surface area (Å²) in [6, 6.07) is 3.80. The Balaban J connectivity index is 1.62. The van der Waals surface area contributed by atoms with Crippen LogP contribution in [0.3, 0.4) is 0 Å². The van der Waals surface area contributed by atoms with Crippen molar-refractivity contribution in [2.75, 3.05) is 19.0 Å². The van der Waals surface area contributed by atoms with Gasteiger partial charge in [0.15, 0.2) is 0 Å². The summed E-state index contributed by atoms with van der Waals surface area (Å²) in [5, 5.41) is 4.32. The van der Waals surface area contributed by atoms with E-state index in [1.807, 2.05) is 26.0 Å². The predicted molar refractivity (Wildman–Crippen MR) is 135 cm³/mol. The quantitative estimate of drug-likeness (QED) is 0.343. The second kappa shape index (κ2) is 10.5. The van der Waals surface area contributed by atoms with E-state index in [4.69, 9.17) is 21.1 Å². The number of carbonyl (C=O) groups is 2. The zero-order chi connectivity index (χ0) is 24.3. The number of amides is 1. The summed E-state index contributed by atoms with van der Waals surface area (Å²) in [6.07, 6.45) is 3.67. The Hall–Kier alpha value is -2.05. The van der Waals surface area contributed by atoms with Crippen molar-refractivity contribution in [3.8, 4) is 5.75 Å². The van der Waals surface area contributed by atoms with Crippen molar-refractivity contribution in [2.45, 2.75) is 66.7 Å². The molecule has 0 bridgehead atoms. The molecule has 7 heteroatoms. The van der Waals surface area contributed by atoms with Gasteiger partial charge in [0.1, 0.15) is 10.8 Å². The lowest BCUT2D eigenvalue weighted by Crippen LogP contribution is -2.26. The van der Waals surface area contributed by atoms with Crippen molar-refractivity contribution in [3.63, 3.8) is 0 Å². The fraction of sp³-hybridized carbons (Fsp3) is 0.538. The molecule has 0 radical (unpaired) electrons. The highest BCUT2D eigenvalue weighted by atomic mass is 35.5. The van der Waals surface area contributed by atoms with Crippen LogP contribution in [0.5, 0.6) is 5.75 Å². The zero-order valence-electron chi connectivity index (χ0n) is 20.4. The minimum atomic E-state index is -0.381. The molecule has 2 aromatic rings. The van der Waals surface area contributed by atoms with Gasteiger partial charge in [0, 0.05) is 16.3 Å². The number of rotatable bonds is 7. The fourth-order valence-electron chi connectivity index (χ4n) is 4.33. The molecule has 1 unspecified atom stereocenters. The van der Waals surface area contributed by atoms with E-state index in [-0.39, 0.29) is 17.3 Å². The van der Waals surface area contributed by atoms with Crippen LogP contribution in [-0.4, -0.2) is 25.6 Å². The minimum absolute atomic E-state index is 0.127. The molecule has 180 valence electrons. The first kappa shape index (κ1) is 25.6. The number of thiophene rings is 1. The Kier molecular flexibility index (Phi) is 8.12. The van der Waals surface area contributed by atoms with Crippen LogP contribution >= 0.6 is 22.9 Å². The molecular weight excluding hydrogens is 458 g/mol. The molecule has 5 nitrogen and oxygen atoms in total. The lowest BCUT2D eigenvalue weighted by atomic mass is 9.72. The summed E-state index contributed by atoms with van der Waals surface area (Å²) in [6.45, 7) is 11.1. The highest BCUT2D eigenvalue weighted by Gasteiger charge is 2.34. The van der Waals surface area contributed by atoms with Crippen molar-refractivity contribution < 1.29 is 19.1 Å². The van der Waals surface area contributed by atoms with E-state index in [1.54, 1.807) is 0 Å². The fourth-order valence-corrected chi connectivity index (χ4v) is 5.77. The molecule has 33 heavy (non-hydrogen) atoms. The average Bonchev–Trinajstić information content (AvgIpc) is 3.10. The molecule has 1 aromatic carbocycles. The number of fused-ring (bicyclic) bond motifs is 1. The molecule has 1 heterocycles. The van der Waals surface area contributed by atoms with E-state index in [1.165, 1.54) is 23.3 Å². The van der Waals surface area contributed by atoms with Gasteiger partial charge in [-0.2, -0.15) is 0 Å². The summed E-state index contributed by atoms with van der Waals surface area (Å²) in [4.78, 5) is 26.4. The Morgan fingerprint density at radius 3 is 2.48 bits per heavy atom. The third-order valence-electron chi connectivity index (χ3n) is 6.36. The number of aryl methyl sites for hydroxylation is 2. The second-order valence-electron chi connectivity index (χ2n) is 9.88. The number of carbonyl (C=O) groups excluding carboxylic acids is 2. The average molecular weight is 492 g/mol. The van der Waals surface area contributed by atoms with Crippen LogP contribution < -0.4 is 10.1 Å². The van der Waals surface area contributed by atoms with Crippen molar-refractivity contribution in [1.29, 1.82) is 0 Å². The Morgan fingerprint density at radius 1 is 1.21 bits per heavy atom. The van der Waals surface area contributed by atoms with Gasteiger partial charge >= 0.3 is 5.97 Å². The predicted octanol–water partition coefficient (Wildman–Crippen LogP) is 6.75. The smallest absolute Gasteiger partial charge is 0.341 e. The molecule has 0 fully saturated rings. The number of esters is 1. The summed E-state index contributed by atoms with van der Waals surface area (Å²) in [5.74, 6) is 0.795. The maximum atomic E-state index is 12.6. The van der Waals surface area contributed by atoms with Crippen LogP contribution in [0.2, 0.25) is 5.02 Å². The van der Waals surface area contributed by atoms with Crippen LogP contribution in [0, 0.1) is 25.2 Å². The molecule has 1 aromatic heterocycles. The van der Waals surface area contributed by atoms with Gasteiger partial charge in [0.05, 0.1) is 19.3 Å².